The van der Waals surface area contributed by atoms with E-state index in [2.05, 4.69) is 4.98 Å². The first-order chi connectivity index (χ1) is 9.24. The molecule has 1 heterocycles. The van der Waals surface area contributed by atoms with Gasteiger partial charge in [0.1, 0.15) is 11.5 Å². The number of nitrogens with two attached hydrogens (primary N) is 1. The highest BCUT2D eigenvalue weighted by atomic mass is 16.5. The number of aromatic nitrogens is 1. The van der Waals surface area contributed by atoms with Crippen LogP contribution in [-0.2, 0) is 0 Å². The van der Waals surface area contributed by atoms with Crippen LogP contribution in [0.2, 0.25) is 0 Å². The first-order valence-corrected chi connectivity index (χ1v) is 6.22. The Labute approximate surface area is 113 Å². The van der Waals surface area contributed by atoms with Crippen LogP contribution in [0.5, 0.6) is 11.5 Å². The molecule has 4 heteroatoms. The second-order valence-electron chi connectivity index (χ2n) is 4.14. The Balaban J connectivity index is 2.20. The number of hydrogen-bond donors (Lipinski definition) is 1. The van der Waals surface area contributed by atoms with Crippen molar-refractivity contribution in [3.8, 4) is 11.5 Å². The molecule has 0 saturated heterocycles. The number of rotatable bonds is 5. The van der Waals surface area contributed by atoms with Gasteiger partial charge in [0.25, 0.3) is 0 Å². The smallest absolute Gasteiger partial charge is 0.137 e. The van der Waals surface area contributed by atoms with E-state index in [0.717, 1.165) is 16.9 Å². The highest BCUT2D eigenvalue weighted by molar-refractivity contribution is 5.36. The molecule has 1 atom stereocenters. The summed E-state index contributed by atoms with van der Waals surface area (Å²) < 4.78 is 10.6. The molecule has 2 N–H and O–H groups in total. The highest BCUT2D eigenvalue weighted by Gasteiger charge is 2.10. The molecule has 0 aliphatic carbocycles. The molecule has 100 valence electrons. The minimum absolute atomic E-state index is 0.224. The second-order valence-corrected chi connectivity index (χ2v) is 4.14. The summed E-state index contributed by atoms with van der Waals surface area (Å²) in [4.78, 5) is 4.12. The van der Waals surface area contributed by atoms with Gasteiger partial charge in [-0.2, -0.15) is 0 Å². The van der Waals surface area contributed by atoms with Crippen molar-refractivity contribution >= 4 is 0 Å². The van der Waals surface area contributed by atoms with Gasteiger partial charge >= 0.3 is 0 Å². The number of ether oxygens (including phenoxy) is 2. The van der Waals surface area contributed by atoms with E-state index in [1.807, 2.05) is 37.3 Å². The van der Waals surface area contributed by atoms with Crippen molar-refractivity contribution in [1.82, 2.24) is 4.98 Å². The predicted octanol–water partition coefficient (Wildman–Crippen LogP) is 2.54. The maximum atomic E-state index is 6.23. The Morgan fingerprint density at radius 2 is 1.84 bits per heavy atom. The molecule has 0 aliphatic rings. The van der Waals surface area contributed by atoms with Gasteiger partial charge in [-0.3, -0.25) is 4.98 Å². The fraction of sp³-hybridized carbons (Fsp3) is 0.267. The van der Waals surface area contributed by atoms with E-state index in [1.54, 1.807) is 19.5 Å². The van der Waals surface area contributed by atoms with Crippen molar-refractivity contribution < 1.29 is 9.47 Å². The van der Waals surface area contributed by atoms with Gasteiger partial charge in [-0.15, -0.1) is 0 Å². The van der Waals surface area contributed by atoms with E-state index in [9.17, 15) is 0 Å². The second kappa shape index (κ2) is 6.20. The standard InChI is InChI=1S/C15H18N2O2/c1-3-19-13-6-4-11(5-7-13)15(16)12-8-14(18-2)10-17-9-12/h4-10,15H,3,16H2,1-2H3. The van der Waals surface area contributed by atoms with Gasteiger partial charge in [0, 0.05) is 6.20 Å². The topological polar surface area (TPSA) is 57.4 Å². The lowest BCUT2D eigenvalue weighted by molar-refractivity contribution is 0.340. The number of hydrogen-bond acceptors (Lipinski definition) is 4. The van der Waals surface area contributed by atoms with Crippen LogP contribution in [-0.4, -0.2) is 18.7 Å². The van der Waals surface area contributed by atoms with Gasteiger partial charge in [0.05, 0.1) is 26.0 Å². The van der Waals surface area contributed by atoms with Crippen LogP contribution in [0.15, 0.2) is 42.7 Å². The minimum atomic E-state index is -0.224. The summed E-state index contributed by atoms with van der Waals surface area (Å²) in [5.74, 6) is 1.56. The lowest BCUT2D eigenvalue weighted by atomic mass is 10.0. The molecule has 0 aliphatic heterocycles. The van der Waals surface area contributed by atoms with Gasteiger partial charge in [0.2, 0.25) is 0 Å². The Morgan fingerprint density at radius 1 is 1.11 bits per heavy atom. The van der Waals surface area contributed by atoms with E-state index in [0.29, 0.717) is 12.4 Å². The molecule has 2 rings (SSSR count). The number of methoxy groups -OCH3 is 1. The van der Waals surface area contributed by atoms with Crippen molar-refractivity contribution in [1.29, 1.82) is 0 Å². The van der Waals surface area contributed by atoms with Crippen molar-refractivity contribution in [2.24, 2.45) is 5.73 Å². The van der Waals surface area contributed by atoms with Crippen LogP contribution < -0.4 is 15.2 Å². The molecular weight excluding hydrogens is 240 g/mol. The zero-order valence-corrected chi connectivity index (χ0v) is 11.2. The van der Waals surface area contributed by atoms with E-state index in [-0.39, 0.29) is 6.04 Å². The summed E-state index contributed by atoms with van der Waals surface area (Å²) in [5.41, 5.74) is 8.16. The van der Waals surface area contributed by atoms with Gasteiger partial charge in [-0.1, -0.05) is 12.1 Å². The maximum Gasteiger partial charge on any atom is 0.137 e. The Hall–Kier alpha value is -2.07. The predicted molar refractivity (Wildman–Crippen MR) is 74.4 cm³/mol. The molecular formula is C15H18N2O2. The Kier molecular flexibility index (Phi) is 4.36. The first-order valence-electron chi connectivity index (χ1n) is 6.22. The average molecular weight is 258 g/mol. The van der Waals surface area contributed by atoms with Gasteiger partial charge in [0.15, 0.2) is 0 Å². The van der Waals surface area contributed by atoms with Crippen LogP contribution in [0, 0.1) is 0 Å². The van der Waals surface area contributed by atoms with Crippen molar-refractivity contribution in [2.75, 3.05) is 13.7 Å². The molecule has 0 radical (unpaired) electrons. The van der Waals surface area contributed by atoms with Crippen molar-refractivity contribution in [3.63, 3.8) is 0 Å². The summed E-state index contributed by atoms with van der Waals surface area (Å²) in [5, 5.41) is 0. The monoisotopic (exact) mass is 258 g/mol. The molecule has 4 nitrogen and oxygen atoms in total. The van der Waals surface area contributed by atoms with Crippen LogP contribution in [0.1, 0.15) is 24.1 Å². The normalized spacial score (nSPS) is 11.9. The fourth-order valence-electron chi connectivity index (χ4n) is 1.85. The molecule has 0 fully saturated rings. The lowest BCUT2D eigenvalue weighted by Crippen LogP contribution is -2.12. The fourth-order valence-corrected chi connectivity index (χ4v) is 1.85. The molecule has 2 aromatic rings. The van der Waals surface area contributed by atoms with E-state index >= 15 is 0 Å². The van der Waals surface area contributed by atoms with Gasteiger partial charge in [-0.25, -0.2) is 0 Å². The summed E-state index contributed by atoms with van der Waals surface area (Å²) in [6, 6.07) is 9.45. The number of benzene rings is 1. The van der Waals surface area contributed by atoms with Gasteiger partial charge in [-0.05, 0) is 36.2 Å². The Bertz CT molecular complexity index is 526. The molecule has 0 saturated carbocycles. The van der Waals surface area contributed by atoms with Crippen molar-refractivity contribution in [3.05, 3.63) is 53.9 Å². The largest absolute Gasteiger partial charge is 0.495 e. The van der Waals surface area contributed by atoms with Gasteiger partial charge < -0.3 is 15.2 Å². The number of pyridine rings is 1. The number of nitrogens with zero attached hydrogens (tertiary/aromatic N) is 1. The Morgan fingerprint density at radius 3 is 2.47 bits per heavy atom. The van der Waals surface area contributed by atoms with E-state index in [1.165, 1.54) is 0 Å². The molecule has 0 amide bonds. The van der Waals surface area contributed by atoms with Crippen molar-refractivity contribution in [2.45, 2.75) is 13.0 Å². The quantitative estimate of drug-likeness (QED) is 0.895. The molecule has 19 heavy (non-hydrogen) atoms. The molecule has 1 unspecified atom stereocenters. The maximum absolute atomic E-state index is 6.23. The summed E-state index contributed by atoms with van der Waals surface area (Å²) >= 11 is 0. The average Bonchev–Trinajstić information content (AvgIpc) is 2.48. The third-order valence-corrected chi connectivity index (χ3v) is 2.88. The van der Waals surface area contributed by atoms with E-state index in [4.69, 9.17) is 15.2 Å². The van der Waals surface area contributed by atoms with Crippen LogP contribution >= 0.6 is 0 Å². The third kappa shape index (κ3) is 3.23. The SMILES string of the molecule is CCOc1ccc(C(N)c2cncc(OC)c2)cc1. The molecule has 1 aromatic carbocycles. The zero-order chi connectivity index (χ0) is 13.7. The summed E-state index contributed by atoms with van der Waals surface area (Å²) in [6.45, 7) is 2.62. The summed E-state index contributed by atoms with van der Waals surface area (Å²) in [7, 11) is 1.61. The minimum Gasteiger partial charge on any atom is -0.495 e. The van der Waals surface area contributed by atoms with Crippen LogP contribution in [0.4, 0.5) is 0 Å². The van der Waals surface area contributed by atoms with Crippen LogP contribution in [0.3, 0.4) is 0 Å². The molecule has 0 spiro atoms. The summed E-state index contributed by atoms with van der Waals surface area (Å²) in [6.07, 6.45) is 3.41. The highest BCUT2D eigenvalue weighted by Crippen LogP contribution is 2.23. The van der Waals surface area contributed by atoms with Crippen LogP contribution in [0.25, 0.3) is 0 Å². The zero-order valence-electron chi connectivity index (χ0n) is 11.2. The lowest BCUT2D eigenvalue weighted by Gasteiger charge is -2.13. The molecule has 0 bridgehead atoms. The van der Waals surface area contributed by atoms with E-state index < -0.39 is 0 Å². The molecule has 1 aromatic heterocycles. The first kappa shape index (κ1) is 13.4. The third-order valence-electron chi connectivity index (χ3n) is 2.88.